The SMILES string of the molecule is COC(=O)CCN(C)S(=O)(=O)N(CC(F)(F)F)C1CC1. The van der Waals surface area contributed by atoms with Gasteiger partial charge in [0.2, 0.25) is 0 Å². The number of ether oxygens (including phenoxy) is 1. The number of carbonyl (C=O) groups excluding carboxylic acids is 1. The van der Waals surface area contributed by atoms with Crippen molar-refractivity contribution >= 4 is 16.2 Å². The quantitative estimate of drug-likeness (QED) is 0.650. The zero-order valence-electron chi connectivity index (χ0n) is 11.2. The number of alkyl halides is 3. The Kier molecular flexibility index (Phi) is 5.39. The lowest BCUT2D eigenvalue weighted by Crippen LogP contribution is -2.47. The Hall–Kier alpha value is -0.870. The molecule has 0 aliphatic heterocycles. The van der Waals surface area contributed by atoms with E-state index in [2.05, 4.69) is 4.74 Å². The number of halogens is 3. The van der Waals surface area contributed by atoms with Crippen LogP contribution >= 0.6 is 0 Å². The van der Waals surface area contributed by atoms with Crippen LogP contribution in [0.1, 0.15) is 19.3 Å². The predicted molar refractivity (Wildman–Crippen MR) is 64.0 cm³/mol. The number of methoxy groups -OCH3 is 1. The third-order valence-electron chi connectivity index (χ3n) is 2.84. The van der Waals surface area contributed by atoms with Crippen molar-refractivity contribution in [3.05, 3.63) is 0 Å². The van der Waals surface area contributed by atoms with Crippen LogP contribution in [0.3, 0.4) is 0 Å². The summed E-state index contributed by atoms with van der Waals surface area (Å²) in [6.45, 7) is -1.74. The first-order valence-electron chi connectivity index (χ1n) is 5.94. The second-order valence-electron chi connectivity index (χ2n) is 4.55. The molecule has 1 aliphatic rings. The third-order valence-corrected chi connectivity index (χ3v) is 4.83. The van der Waals surface area contributed by atoms with Crippen molar-refractivity contribution in [2.45, 2.75) is 31.5 Å². The van der Waals surface area contributed by atoms with Gasteiger partial charge in [-0.25, -0.2) is 0 Å². The van der Waals surface area contributed by atoms with E-state index in [1.807, 2.05) is 0 Å². The van der Waals surface area contributed by atoms with Gasteiger partial charge < -0.3 is 4.74 Å². The van der Waals surface area contributed by atoms with Gasteiger partial charge in [0.25, 0.3) is 10.2 Å². The van der Waals surface area contributed by atoms with Gasteiger partial charge in [0.05, 0.1) is 13.5 Å². The molecule has 0 radical (unpaired) electrons. The fourth-order valence-corrected chi connectivity index (χ4v) is 3.16. The van der Waals surface area contributed by atoms with E-state index in [1.54, 1.807) is 0 Å². The highest BCUT2D eigenvalue weighted by Gasteiger charge is 2.45. The summed E-state index contributed by atoms with van der Waals surface area (Å²) in [7, 11) is -1.94. The Bertz CT molecular complexity index is 448. The molecule has 118 valence electrons. The standard InChI is InChI=1S/C10H17F3N2O4S/c1-14(6-5-9(16)19-2)20(17,18)15(8-3-4-8)7-10(11,12)13/h8H,3-7H2,1-2H3. The molecule has 1 aliphatic carbocycles. The zero-order valence-corrected chi connectivity index (χ0v) is 12.0. The van der Waals surface area contributed by atoms with Gasteiger partial charge >= 0.3 is 12.1 Å². The fraction of sp³-hybridized carbons (Fsp3) is 0.900. The summed E-state index contributed by atoms with van der Waals surface area (Å²) in [6, 6.07) is -0.609. The lowest BCUT2D eigenvalue weighted by Gasteiger charge is -2.28. The smallest absolute Gasteiger partial charge is 0.402 e. The molecule has 0 bridgehead atoms. The summed E-state index contributed by atoms with van der Waals surface area (Å²) >= 11 is 0. The number of carbonyl (C=O) groups is 1. The Morgan fingerprint density at radius 1 is 1.35 bits per heavy atom. The van der Waals surface area contributed by atoms with Crippen LogP contribution in [0.15, 0.2) is 0 Å². The van der Waals surface area contributed by atoms with Crippen molar-refractivity contribution in [3.8, 4) is 0 Å². The van der Waals surface area contributed by atoms with Crippen molar-refractivity contribution in [1.29, 1.82) is 0 Å². The number of hydrogen-bond donors (Lipinski definition) is 0. The van der Waals surface area contributed by atoms with Crippen LogP contribution in [-0.2, 0) is 19.7 Å². The number of esters is 1. The molecule has 10 heteroatoms. The highest BCUT2D eigenvalue weighted by Crippen LogP contribution is 2.33. The van der Waals surface area contributed by atoms with E-state index in [4.69, 9.17) is 0 Å². The first-order valence-corrected chi connectivity index (χ1v) is 7.34. The van der Waals surface area contributed by atoms with Gasteiger partial charge in [0, 0.05) is 19.6 Å². The minimum Gasteiger partial charge on any atom is -0.469 e. The monoisotopic (exact) mass is 318 g/mol. The zero-order chi connectivity index (χ0) is 15.6. The maximum absolute atomic E-state index is 12.5. The Labute approximate surface area is 115 Å². The van der Waals surface area contributed by atoms with Crippen LogP contribution in [-0.4, -0.2) is 62.5 Å². The Morgan fingerprint density at radius 3 is 2.30 bits per heavy atom. The lowest BCUT2D eigenvalue weighted by atomic mass is 10.4. The average Bonchev–Trinajstić information content (AvgIpc) is 3.15. The molecular formula is C10H17F3N2O4S. The molecule has 0 spiro atoms. The van der Waals surface area contributed by atoms with Gasteiger partial charge in [0.15, 0.2) is 0 Å². The molecule has 0 aromatic heterocycles. The molecule has 0 atom stereocenters. The molecule has 1 saturated carbocycles. The molecule has 0 heterocycles. The average molecular weight is 318 g/mol. The molecule has 20 heavy (non-hydrogen) atoms. The molecule has 0 saturated heterocycles. The van der Waals surface area contributed by atoms with Crippen molar-refractivity contribution in [2.75, 3.05) is 27.2 Å². The summed E-state index contributed by atoms with van der Waals surface area (Å²) in [6.07, 6.45) is -3.98. The third kappa shape index (κ3) is 4.91. The second-order valence-corrected chi connectivity index (χ2v) is 6.54. The first-order chi connectivity index (χ1) is 9.08. The fourth-order valence-electron chi connectivity index (χ4n) is 1.58. The first kappa shape index (κ1) is 17.2. The van der Waals surface area contributed by atoms with E-state index < -0.39 is 34.9 Å². The van der Waals surface area contributed by atoms with E-state index in [0.29, 0.717) is 17.1 Å². The molecular weight excluding hydrogens is 301 g/mol. The molecule has 0 amide bonds. The minimum atomic E-state index is -4.60. The van der Waals surface area contributed by atoms with Crippen LogP contribution < -0.4 is 0 Å². The Balaban J connectivity index is 2.74. The largest absolute Gasteiger partial charge is 0.469 e. The normalized spacial score (nSPS) is 16.8. The van der Waals surface area contributed by atoms with E-state index in [-0.39, 0.29) is 13.0 Å². The van der Waals surface area contributed by atoms with Crippen LogP contribution in [0.2, 0.25) is 0 Å². The summed E-state index contributed by atoms with van der Waals surface area (Å²) in [5.74, 6) is -0.624. The van der Waals surface area contributed by atoms with Crippen LogP contribution in [0.4, 0.5) is 13.2 Å². The summed E-state index contributed by atoms with van der Waals surface area (Å²) in [5, 5.41) is 0. The van der Waals surface area contributed by atoms with E-state index in [1.165, 1.54) is 0 Å². The second kappa shape index (κ2) is 6.27. The molecule has 0 unspecified atom stereocenters. The Morgan fingerprint density at radius 2 is 1.90 bits per heavy atom. The lowest BCUT2D eigenvalue weighted by molar-refractivity contribution is -0.141. The molecule has 1 rings (SSSR count). The predicted octanol–water partition coefficient (Wildman–Crippen LogP) is 0.753. The van der Waals surface area contributed by atoms with Gasteiger partial charge in [-0.1, -0.05) is 0 Å². The summed E-state index contributed by atoms with van der Waals surface area (Å²) in [5.41, 5.74) is 0. The van der Waals surface area contributed by atoms with Crippen LogP contribution in [0, 0.1) is 0 Å². The van der Waals surface area contributed by atoms with Gasteiger partial charge in [0.1, 0.15) is 6.54 Å². The van der Waals surface area contributed by atoms with Crippen molar-refractivity contribution < 1.29 is 31.1 Å². The highest BCUT2D eigenvalue weighted by molar-refractivity contribution is 7.86. The summed E-state index contributed by atoms with van der Waals surface area (Å²) < 4.78 is 67.1. The van der Waals surface area contributed by atoms with E-state index in [0.717, 1.165) is 18.5 Å². The number of hydrogen-bond acceptors (Lipinski definition) is 4. The van der Waals surface area contributed by atoms with Crippen molar-refractivity contribution in [1.82, 2.24) is 8.61 Å². The van der Waals surface area contributed by atoms with Crippen LogP contribution in [0.5, 0.6) is 0 Å². The molecule has 1 fully saturated rings. The molecule has 0 N–H and O–H groups in total. The minimum absolute atomic E-state index is 0.212. The number of rotatable bonds is 7. The summed E-state index contributed by atoms with van der Waals surface area (Å²) in [4.78, 5) is 11.0. The van der Waals surface area contributed by atoms with Gasteiger partial charge in [-0.2, -0.15) is 30.2 Å². The molecule has 6 nitrogen and oxygen atoms in total. The van der Waals surface area contributed by atoms with Gasteiger partial charge in [-0.15, -0.1) is 0 Å². The maximum atomic E-state index is 12.5. The van der Waals surface area contributed by atoms with Crippen LogP contribution in [0.25, 0.3) is 0 Å². The van der Waals surface area contributed by atoms with Gasteiger partial charge in [-0.3, -0.25) is 4.79 Å². The van der Waals surface area contributed by atoms with Crippen molar-refractivity contribution in [3.63, 3.8) is 0 Å². The molecule has 0 aromatic carbocycles. The highest BCUT2D eigenvalue weighted by atomic mass is 32.2. The van der Waals surface area contributed by atoms with E-state index in [9.17, 15) is 26.4 Å². The van der Waals surface area contributed by atoms with Crippen molar-refractivity contribution in [2.24, 2.45) is 0 Å². The maximum Gasteiger partial charge on any atom is 0.402 e. The van der Waals surface area contributed by atoms with Gasteiger partial charge in [-0.05, 0) is 12.8 Å². The molecule has 0 aromatic rings. The topological polar surface area (TPSA) is 66.9 Å². The number of nitrogens with zero attached hydrogens (tertiary/aromatic N) is 2. The van der Waals surface area contributed by atoms with E-state index >= 15 is 0 Å².